The molecule has 2 heterocycles. The number of carbonyl (C=O) groups excluding carboxylic acids is 1. The number of hydrogen-bond donors (Lipinski definition) is 2. The van der Waals surface area contributed by atoms with E-state index in [4.69, 9.17) is 4.74 Å². The molecule has 1 aliphatic rings. The van der Waals surface area contributed by atoms with E-state index in [1.807, 2.05) is 42.3 Å². The molecule has 1 aromatic heterocycles. The van der Waals surface area contributed by atoms with Crippen molar-refractivity contribution in [3.8, 4) is 0 Å². The van der Waals surface area contributed by atoms with Crippen LogP contribution in [-0.4, -0.2) is 47.8 Å². The van der Waals surface area contributed by atoms with Crippen LogP contribution in [0.4, 0.5) is 11.5 Å². The number of nitrogens with zero attached hydrogens (tertiary/aromatic N) is 2. The Hall–Kier alpha value is -2.93. The fraction of sp³-hybridized carbons (Fsp3) is 0.278. The number of aliphatic carboxylic acids is 1. The van der Waals surface area contributed by atoms with E-state index in [9.17, 15) is 14.7 Å². The lowest BCUT2D eigenvalue weighted by atomic mass is 9.98. The third-order valence-corrected chi connectivity index (χ3v) is 4.28. The molecule has 7 nitrogen and oxygen atoms in total. The van der Waals surface area contributed by atoms with Crippen LogP contribution in [0, 0.1) is 0 Å². The lowest BCUT2D eigenvalue weighted by Crippen LogP contribution is -2.55. The SMILES string of the molecule is CN(c1ccccc1)c1ccc(C(=O)NC2(C(=O)O)CCOC2)cn1. The van der Waals surface area contributed by atoms with Gasteiger partial charge in [-0.05, 0) is 24.3 Å². The van der Waals surface area contributed by atoms with Gasteiger partial charge in [-0.2, -0.15) is 0 Å². The van der Waals surface area contributed by atoms with Gasteiger partial charge in [-0.1, -0.05) is 18.2 Å². The Kier molecular flexibility index (Phi) is 4.67. The molecule has 2 aromatic rings. The molecule has 3 rings (SSSR count). The van der Waals surface area contributed by atoms with Gasteiger partial charge >= 0.3 is 5.97 Å². The first kappa shape index (κ1) is 16.9. The number of carbonyl (C=O) groups is 2. The second-order valence-corrected chi connectivity index (χ2v) is 5.94. The normalized spacial score (nSPS) is 19.4. The molecule has 7 heteroatoms. The molecule has 0 aliphatic carbocycles. The van der Waals surface area contributed by atoms with E-state index in [1.165, 1.54) is 6.20 Å². The zero-order chi connectivity index (χ0) is 17.9. The molecular weight excluding hydrogens is 322 g/mol. The van der Waals surface area contributed by atoms with Gasteiger partial charge < -0.3 is 20.1 Å². The predicted octanol–water partition coefficient (Wildman–Crippen LogP) is 1.82. The number of pyridine rings is 1. The standard InChI is InChI=1S/C18H19N3O4/c1-21(14-5-3-2-4-6-14)15-8-7-13(11-19-15)16(22)20-18(17(23)24)9-10-25-12-18/h2-8,11H,9-10,12H2,1H3,(H,20,22)(H,23,24). The molecular formula is C18H19N3O4. The number of benzene rings is 1. The molecule has 0 radical (unpaired) electrons. The summed E-state index contributed by atoms with van der Waals surface area (Å²) in [6.07, 6.45) is 1.69. The molecule has 0 saturated carbocycles. The summed E-state index contributed by atoms with van der Waals surface area (Å²) >= 11 is 0. The first-order valence-corrected chi connectivity index (χ1v) is 7.90. The van der Waals surface area contributed by atoms with E-state index in [0.29, 0.717) is 18.0 Å². The monoisotopic (exact) mass is 341 g/mol. The number of aromatic nitrogens is 1. The summed E-state index contributed by atoms with van der Waals surface area (Å²) in [5.41, 5.74) is -0.0887. The van der Waals surface area contributed by atoms with E-state index in [0.717, 1.165) is 5.69 Å². The lowest BCUT2D eigenvalue weighted by molar-refractivity contribution is -0.144. The van der Waals surface area contributed by atoms with Gasteiger partial charge in [0.25, 0.3) is 5.91 Å². The molecule has 0 bridgehead atoms. The Morgan fingerprint density at radius 3 is 2.56 bits per heavy atom. The number of carboxylic acid groups (broad SMARTS) is 1. The van der Waals surface area contributed by atoms with Crippen molar-refractivity contribution in [1.82, 2.24) is 10.3 Å². The van der Waals surface area contributed by atoms with E-state index in [-0.39, 0.29) is 13.0 Å². The molecule has 1 aromatic carbocycles. The minimum Gasteiger partial charge on any atom is -0.479 e. The summed E-state index contributed by atoms with van der Waals surface area (Å²) in [6.45, 7) is 0.280. The maximum absolute atomic E-state index is 12.4. The Bertz CT molecular complexity index is 756. The Labute approximate surface area is 145 Å². The number of nitrogens with one attached hydrogen (secondary N) is 1. The number of para-hydroxylation sites is 1. The fourth-order valence-electron chi connectivity index (χ4n) is 2.68. The van der Waals surface area contributed by atoms with Crippen molar-refractivity contribution in [2.45, 2.75) is 12.0 Å². The first-order chi connectivity index (χ1) is 12.0. The van der Waals surface area contributed by atoms with Crippen LogP contribution < -0.4 is 10.2 Å². The van der Waals surface area contributed by atoms with E-state index >= 15 is 0 Å². The molecule has 25 heavy (non-hydrogen) atoms. The lowest BCUT2D eigenvalue weighted by Gasteiger charge is -2.24. The van der Waals surface area contributed by atoms with Gasteiger partial charge in [0.1, 0.15) is 5.82 Å². The summed E-state index contributed by atoms with van der Waals surface area (Å²) < 4.78 is 5.14. The zero-order valence-corrected chi connectivity index (χ0v) is 13.8. The van der Waals surface area contributed by atoms with Gasteiger partial charge in [0.2, 0.25) is 0 Å². The minimum atomic E-state index is -1.36. The van der Waals surface area contributed by atoms with Crippen molar-refractivity contribution < 1.29 is 19.4 Å². The third-order valence-electron chi connectivity index (χ3n) is 4.28. The predicted molar refractivity (Wildman–Crippen MR) is 92.0 cm³/mol. The summed E-state index contributed by atoms with van der Waals surface area (Å²) in [5.74, 6) is -0.888. The smallest absolute Gasteiger partial charge is 0.331 e. The van der Waals surface area contributed by atoms with Crippen LogP contribution in [0.2, 0.25) is 0 Å². The van der Waals surface area contributed by atoms with E-state index in [1.54, 1.807) is 12.1 Å². The second-order valence-electron chi connectivity index (χ2n) is 5.94. The van der Waals surface area contributed by atoms with Crippen LogP contribution in [0.25, 0.3) is 0 Å². The molecule has 130 valence electrons. The highest BCUT2D eigenvalue weighted by Gasteiger charge is 2.44. The van der Waals surface area contributed by atoms with E-state index < -0.39 is 17.4 Å². The van der Waals surface area contributed by atoms with Gasteiger partial charge in [0.15, 0.2) is 5.54 Å². The van der Waals surface area contributed by atoms with Crippen LogP contribution in [0.1, 0.15) is 16.8 Å². The zero-order valence-electron chi connectivity index (χ0n) is 13.8. The number of rotatable bonds is 5. The van der Waals surface area contributed by atoms with Crippen molar-refractivity contribution >= 4 is 23.4 Å². The number of anilines is 2. The summed E-state index contributed by atoms with van der Waals surface area (Å²) in [4.78, 5) is 30.1. The maximum Gasteiger partial charge on any atom is 0.331 e. The van der Waals surface area contributed by atoms with Crippen LogP contribution in [0.3, 0.4) is 0 Å². The van der Waals surface area contributed by atoms with Gasteiger partial charge in [0, 0.05) is 32.0 Å². The quantitative estimate of drug-likeness (QED) is 0.862. The summed E-state index contributed by atoms with van der Waals surface area (Å²) in [7, 11) is 1.88. The molecule has 0 spiro atoms. The summed E-state index contributed by atoms with van der Waals surface area (Å²) in [6, 6.07) is 13.1. The van der Waals surface area contributed by atoms with Crippen molar-refractivity contribution in [2.75, 3.05) is 25.2 Å². The molecule has 1 fully saturated rings. The number of carboxylic acids is 1. The van der Waals surface area contributed by atoms with Crippen molar-refractivity contribution in [2.24, 2.45) is 0 Å². The van der Waals surface area contributed by atoms with Crippen LogP contribution >= 0.6 is 0 Å². The van der Waals surface area contributed by atoms with Gasteiger partial charge in [-0.3, -0.25) is 4.79 Å². The van der Waals surface area contributed by atoms with Crippen molar-refractivity contribution in [1.29, 1.82) is 0 Å². The number of ether oxygens (including phenoxy) is 1. The van der Waals surface area contributed by atoms with Crippen LogP contribution in [0.15, 0.2) is 48.7 Å². The molecule has 1 saturated heterocycles. The van der Waals surface area contributed by atoms with Crippen molar-refractivity contribution in [3.63, 3.8) is 0 Å². The fourth-order valence-corrected chi connectivity index (χ4v) is 2.68. The maximum atomic E-state index is 12.4. The third kappa shape index (κ3) is 3.46. The minimum absolute atomic E-state index is 0.0314. The Balaban J connectivity index is 1.74. The molecule has 2 N–H and O–H groups in total. The average Bonchev–Trinajstić information content (AvgIpc) is 3.12. The van der Waals surface area contributed by atoms with Gasteiger partial charge in [0.05, 0.1) is 12.2 Å². The summed E-state index contributed by atoms with van der Waals surface area (Å²) in [5, 5.41) is 12.0. The highest BCUT2D eigenvalue weighted by molar-refractivity contribution is 5.98. The average molecular weight is 341 g/mol. The van der Waals surface area contributed by atoms with Gasteiger partial charge in [-0.25, -0.2) is 9.78 Å². The number of amides is 1. The van der Waals surface area contributed by atoms with E-state index in [2.05, 4.69) is 10.3 Å². The Morgan fingerprint density at radius 1 is 1.24 bits per heavy atom. The second kappa shape index (κ2) is 6.90. The van der Waals surface area contributed by atoms with Gasteiger partial charge in [-0.15, -0.1) is 0 Å². The van der Waals surface area contributed by atoms with Crippen LogP contribution in [0.5, 0.6) is 0 Å². The Morgan fingerprint density at radius 2 is 2.00 bits per heavy atom. The van der Waals surface area contributed by atoms with Crippen LogP contribution in [-0.2, 0) is 9.53 Å². The molecule has 1 atom stereocenters. The highest BCUT2D eigenvalue weighted by atomic mass is 16.5. The molecule has 1 unspecified atom stereocenters. The van der Waals surface area contributed by atoms with Crippen molar-refractivity contribution in [3.05, 3.63) is 54.2 Å². The largest absolute Gasteiger partial charge is 0.479 e. The molecule has 1 aliphatic heterocycles. The highest BCUT2D eigenvalue weighted by Crippen LogP contribution is 2.22. The topological polar surface area (TPSA) is 91.8 Å². The molecule has 1 amide bonds. The first-order valence-electron chi connectivity index (χ1n) is 7.90. The number of hydrogen-bond acceptors (Lipinski definition) is 5.